The SMILES string of the molecule is C=CN=C(C)C(/C(=C\C)c1ccccc1F)=C(\C)N1CCN(C(=O)C(C)(C)O)C(C)C1. The van der Waals surface area contributed by atoms with Crippen LogP contribution in [0.15, 0.2) is 59.4 Å². The highest BCUT2D eigenvalue weighted by Gasteiger charge is 2.35. The molecule has 0 aliphatic carbocycles. The topological polar surface area (TPSA) is 56.1 Å². The van der Waals surface area contributed by atoms with Crippen molar-refractivity contribution in [1.29, 1.82) is 0 Å². The predicted molar refractivity (Wildman–Crippen MR) is 125 cm³/mol. The van der Waals surface area contributed by atoms with Crippen molar-refractivity contribution in [2.45, 2.75) is 53.2 Å². The Kier molecular flexibility index (Phi) is 7.96. The number of allylic oxidation sites excluding steroid dienone is 4. The Morgan fingerprint density at radius 3 is 2.45 bits per heavy atom. The Hall–Kier alpha value is -2.73. The Bertz CT molecular complexity index is 925. The molecule has 0 saturated carbocycles. The monoisotopic (exact) mass is 427 g/mol. The molecule has 5 nitrogen and oxygen atoms in total. The standard InChI is InChI=1S/C25H34FN3O2/c1-8-20(21-12-10-11-13-22(21)26)23(18(4)27-9-2)19(5)28-14-15-29(17(3)16-28)24(30)25(6,7)31/h8-13,17,31H,2,14-16H2,1,3-7H3/b20-8-,23-19-,27-18?. The van der Waals surface area contributed by atoms with Gasteiger partial charge in [0.15, 0.2) is 0 Å². The van der Waals surface area contributed by atoms with Gasteiger partial charge in [0.25, 0.3) is 5.91 Å². The maximum absolute atomic E-state index is 14.7. The third kappa shape index (κ3) is 5.50. The summed E-state index contributed by atoms with van der Waals surface area (Å²) in [5.74, 6) is -0.562. The second-order valence-corrected chi connectivity index (χ2v) is 8.39. The molecule has 1 aliphatic rings. The Labute approximate surface area is 185 Å². The molecule has 1 aromatic carbocycles. The number of benzene rings is 1. The smallest absolute Gasteiger partial charge is 0.254 e. The van der Waals surface area contributed by atoms with Gasteiger partial charge in [0.1, 0.15) is 11.4 Å². The van der Waals surface area contributed by atoms with Crippen molar-refractivity contribution in [1.82, 2.24) is 9.80 Å². The maximum atomic E-state index is 14.7. The quantitative estimate of drug-likeness (QED) is 0.540. The van der Waals surface area contributed by atoms with Crippen molar-refractivity contribution in [3.63, 3.8) is 0 Å². The van der Waals surface area contributed by atoms with Crippen molar-refractivity contribution >= 4 is 17.2 Å². The number of carbonyl (C=O) groups is 1. The van der Waals surface area contributed by atoms with Crippen LogP contribution in [-0.2, 0) is 4.79 Å². The number of nitrogens with zero attached hydrogens (tertiary/aromatic N) is 3. The molecule has 1 heterocycles. The normalized spacial score (nSPS) is 19.3. The molecule has 6 heteroatoms. The lowest BCUT2D eigenvalue weighted by Gasteiger charge is -2.43. The lowest BCUT2D eigenvalue weighted by atomic mass is 9.92. The van der Waals surface area contributed by atoms with Crippen LogP contribution < -0.4 is 0 Å². The predicted octanol–water partition coefficient (Wildman–Crippen LogP) is 4.41. The van der Waals surface area contributed by atoms with Crippen molar-refractivity contribution in [2.24, 2.45) is 4.99 Å². The highest BCUT2D eigenvalue weighted by atomic mass is 19.1. The zero-order valence-electron chi connectivity index (χ0n) is 19.4. The van der Waals surface area contributed by atoms with Gasteiger partial charge in [-0.25, -0.2) is 4.39 Å². The molecule has 0 radical (unpaired) electrons. The summed E-state index contributed by atoms with van der Waals surface area (Å²) in [5.41, 5.74) is 2.43. The third-order valence-electron chi connectivity index (χ3n) is 5.62. The Morgan fingerprint density at radius 1 is 1.29 bits per heavy atom. The van der Waals surface area contributed by atoms with E-state index in [9.17, 15) is 14.3 Å². The molecule has 0 aromatic heterocycles. The van der Waals surface area contributed by atoms with Gasteiger partial charge in [-0.1, -0.05) is 30.9 Å². The summed E-state index contributed by atoms with van der Waals surface area (Å²) < 4.78 is 14.7. The van der Waals surface area contributed by atoms with Gasteiger partial charge in [0, 0.05) is 54.4 Å². The van der Waals surface area contributed by atoms with Crippen molar-refractivity contribution in [3.8, 4) is 0 Å². The lowest BCUT2D eigenvalue weighted by molar-refractivity contribution is -0.152. The van der Waals surface area contributed by atoms with Crippen LogP contribution in [0.1, 0.15) is 47.1 Å². The zero-order valence-corrected chi connectivity index (χ0v) is 19.4. The van der Waals surface area contributed by atoms with E-state index in [-0.39, 0.29) is 17.8 Å². The van der Waals surface area contributed by atoms with E-state index in [2.05, 4.69) is 16.5 Å². The fourth-order valence-electron chi connectivity index (χ4n) is 4.04. The van der Waals surface area contributed by atoms with E-state index in [1.165, 1.54) is 26.1 Å². The van der Waals surface area contributed by atoms with E-state index in [1.807, 2.05) is 39.8 Å². The van der Waals surface area contributed by atoms with E-state index in [0.29, 0.717) is 25.2 Å². The lowest BCUT2D eigenvalue weighted by Crippen LogP contribution is -2.58. The number of aliphatic hydroxyl groups is 1. The Morgan fingerprint density at radius 2 is 1.94 bits per heavy atom. The number of hydrogen-bond acceptors (Lipinski definition) is 4. The van der Waals surface area contributed by atoms with Gasteiger partial charge in [-0.05, 0) is 53.2 Å². The molecule has 1 amide bonds. The molecule has 31 heavy (non-hydrogen) atoms. The summed E-state index contributed by atoms with van der Waals surface area (Å²) >= 11 is 0. The fraction of sp³-hybridized carbons (Fsp3) is 0.440. The second kappa shape index (κ2) is 10.1. The van der Waals surface area contributed by atoms with E-state index in [0.717, 1.165) is 22.6 Å². The molecule has 1 fully saturated rings. The van der Waals surface area contributed by atoms with Crippen molar-refractivity contribution < 1.29 is 14.3 Å². The van der Waals surface area contributed by atoms with Gasteiger partial charge in [-0.15, -0.1) is 0 Å². The molecule has 1 saturated heterocycles. The number of halogens is 1. The first-order valence-corrected chi connectivity index (χ1v) is 10.6. The van der Waals surface area contributed by atoms with Crippen LogP contribution in [0.25, 0.3) is 5.57 Å². The van der Waals surface area contributed by atoms with Crippen molar-refractivity contribution in [2.75, 3.05) is 19.6 Å². The number of amides is 1. The molecule has 1 N–H and O–H groups in total. The van der Waals surface area contributed by atoms with Gasteiger partial charge in [0.2, 0.25) is 0 Å². The molecule has 1 aromatic rings. The third-order valence-corrected chi connectivity index (χ3v) is 5.62. The molecule has 0 spiro atoms. The zero-order chi connectivity index (χ0) is 23.3. The van der Waals surface area contributed by atoms with Crippen LogP contribution in [0.4, 0.5) is 4.39 Å². The number of piperazine rings is 1. The molecule has 1 unspecified atom stereocenters. The van der Waals surface area contributed by atoms with E-state index in [4.69, 9.17) is 0 Å². The molecule has 168 valence electrons. The van der Waals surface area contributed by atoms with Crippen LogP contribution in [0.2, 0.25) is 0 Å². The minimum absolute atomic E-state index is 0.0805. The van der Waals surface area contributed by atoms with Crippen LogP contribution in [0.3, 0.4) is 0 Å². The summed E-state index contributed by atoms with van der Waals surface area (Å²) in [4.78, 5) is 20.9. The van der Waals surface area contributed by atoms with E-state index in [1.54, 1.807) is 17.0 Å². The van der Waals surface area contributed by atoms with E-state index < -0.39 is 5.60 Å². The van der Waals surface area contributed by atoms with Gasteiger partial charge in [-0.2, -0.15) is 0 Å². The van der Waals surface area contributed by atoms with Crippen LogP contribution in [-0.4, -0.2) is 57.8 Å². The highest BCUT2D eigenvalue weighted by molar-refractivity contribution is 6.12. The fourth-order valence-corrected chi connectivity index (χ4v) is 4.04. The number of hydrogen-bond donors (Lipinski definition) is 1. The molecule has 1 atom stereocenters. The second-order valence-electron chi connectivity index (χ2n) is 8.39. The largest absolute Gasteiger partial charge is 0.381 e. The average molecular weight is 428 g/mol. The average Bonchev–Trinajstić information content (AvgIpc) is 2.71. The first kappa shape index (κ1) is 24.5. The summed E-state index contributed by atoms with van der Waals surface area (Å²) in [7, 11) is 0. The van der Waals surface area contributed by atoms with Crippen LogP contribution in [0.5, 0.6) is 0 Å². The number of rotatable bonds is 6. The summed E-state index contributed by atoms with van der Waals surface area (Å²) in [6.45, 7) is 16.2. The van der Waals surface area contributed by atoms with Crippen LogP contribution >= 0.6 is 0 Å². The first-order chi connectivity index (χ1) is 14.5. The molecule has 2 rings (SSSR count). The molecule has 0 bridgehead atoms. The molecular formula is C25H34FN3O2. The first-order valence-electron chi connectivity index (χ1n) is 10.6. The summed E-state index contributed by atoms with van der Waals surface area (Å²) in [5, 5.41) is 10.1. The van der Waals surface area contributed by atoms with Gasteiger partial charge < -0.3 is 14.9 Å². The highest BCUT2D eigenvalue weighted by Crippen LogP contribution is 2.31. The van der Waals surface area contributed by atoms with Gasteiger partial charge in [0.05, 0.1) is 0 Å². The minimum Gasteiger partial charge on any atom is -0.381 e. The van der Waals surface area contributed by atoms with E-state index >= 15 is 0 Å². The summed E-state index contributed by atoms with van der Waals surface area (Å²) in [6, 6.07) is 6.63. The van der Waals surface area contributed by atoms with Gasteiger partial charge in [-0.3, -0.25) is 9.79 Å². The van der Waals surface area contributed by atoms with Gasteiger partial charge >= 0.3 is 0 Å². The molecular weight excluding hydrogens is 393 g/mol. The summed E-state index contributed by atoms with van der Waals surface area (Å²) in [6.07, 6.45) is 3.39. The number of carbonyl (C=O) groups excluding carboxylic acids is 1. The van der Waals surface area contributed by atoms with Crippen LogP contribution in [0, 0.1) is 5.82 Å². The molecule has 1 aliphatic heterocycles. The maximum Gasteiger partial charge on any atom is 0.254 e. The minimum atomic E-state index is -1.40. The van der Waals surface area contributed by atoms with Crippen molar-refractivity contribution in [3.05, 3.63) is 65.8 Å². The Balaban J connectivity index is 2.48. The number of aliphatic imine (C=N–C) groups is 1.